The number of benzene rings is 1. The molecule has 5 nitrogen and oxygen atoms in total. The Kier molecular flexibility index (Phi) is 1.45. The van der Waals surface area contributed by atoms with Crippen LogP contribution in [0.15, 0.2) is 30.6 Å². The normalized spacial score (nSPS) is 10.5. The highest BCUT2D eigenvalue weighted by Gasteiger charge is 2.12. The molecule has 0 unspecified atom stereocenters. The van der Waals surface area contributed by atoms with Gasteiger partial charge < -0.3 is 10.9 Å². The van der Waals surface area contributed by atoms with Crippen LogP contribution in [0.25, 0.3) is 11.0 Å². The zero-order valence-electron chi connectivity index (χ0n) is 6.71. The SMILES string of the molecule is Nc1cccc2c1[n+](=O)ccn2O. The summed E-state index contributed by atoms with van der Waals surface area (Å²) in [6.07, 6.45) is 2.45. The topological polar surface area (TPSA) is 74.2 Å². The average Bonchev–Trinajstić information content (AvgIpc) is 2.12. The highest BCUT2D eigenvalue weighted by molar-refractivity contribution is 5.83. The van der Waals surface area contributed by atoms with Crippen molar-refractivity contribution in [2.75, 3.05) is 5.73 Å². The number of hydrogen-bond acceptors (Lipinski definition) is 3. The Morgan fingerprint density at radius 3 is 2.92 bits per heavy atom. The number of fused-ring (bicyclic) bond motifs is 1. The molecule has 66 valence electrons. The van der Waals surface area contributed by atoms with Gasteiger partial charge in [0.2, 0.25) is 6.20 Å². The maximum absolute atomic E-state index is 11.3. The zero-order valence-corrected chi connectivity index (χ0v) is 6.71. The molecule has 1 heterocycles. The number of rotatable bonds is 0. The van der Waals surface area contributed by atoms with E-state index in [4.69, 9.17) is 5.73 Å². The van der Waals surface area contributed by atoms with Crippen LogP contribution in [-0.2, 0) is 0 Å². The second kappa shape index (κ2) is 2.48. The van der Waals surface area contributed by atoms with Gasteiger partial charge in [0.25, 0.3) is 0 Å². The molecule has 3 N–H and O–H groups in total. The molecular weight excluding hydrogens is 170 g/mol. The molecule has 5 heteroatoms. The van der Waals surface area contributed by atoms with Crippen LogP contribution < -0.4 is 10.2 Å². The number of nitrogens with two attached hydrogens (primary N) is 1. The minimum absolute atomic E-state index is 0.271. The Morgan fingerprint density at radius 1 is 1.46 bits per heavy atom. The van der Waals surface area contributed by atoms with Gasteiger partial charge in [-0.25, -0.2) is 0 Å². The van der Waals surface area contributed by atoms with Crippen molar-refractivity contribution in [1.29, 1.82) is 0 Å². The van der Waals surface area contributed by atoms with Crippen molar-refractivity contribution in [2.45, 2.75) is 0 Å². The van der Waals surface area contributed by atoms with Crippen molar-refractivity contribution in [3.8, 4) is 0 Å². The first-order chi connectivity index (χ1) is 6.20. The molecule has 13 heavy (non-hydrogen) atoms. The Hall–Kier alpha value is -2.04. The summed E-state index contributed by atoms with van der Waals surface area (Å²) in [5.74, 6) is 0. The van der Waals surface area contributed by atoms with Gasteiger partial charge in [0, 0.05) is 4.91 Å². The highest BCUT2D eigenvalue weighted by Crippen LogP contribution is 2.14. The fraction of sp³-hybridized carbons (Fsp3) is 0. The molecule has 1 aromatic carbocycles. The molecular formula is C8H8N3O2+. The standard InChI is InChI=1S/C8H8N3O2/c9-6-2-1-3-7-8(6)11(13)5-4-10(7)12/h1-5,12H,9H2/q+1. The third kappa shape index (κ3) is 1.01. The number of nitrogens with zero attached hydrogens (tertiary/aromatic N) is 2. The van der Waals surface area contributed by atoms with Crippen LogP contribution in [0.5, 0.6) is 0 Å². The van der Waals surface area contributed by atoms with Crippen LogP contribution in [0.3, 0.4) is 0 Å². The Balaban J connectivity index is 3.09. The molecule has 0 radical (unpaired) electrons. The van der Waals surface area contributed by atoms with Gasteiger partial charge in [-0.15, -0.1) is 0 Å². The van der Waals surface area contributed by atoms with E-state index in [2.05, 4.69) is 0 Å². The molecule has 0 bridgehead atoms. The van der Waals surface area contributed by atoms with Crippen molar-refractivity contribution in [3.05, 3.63) is 35.5 Å². The smallest absolute Gasteiger partial charge is 0.312 e. The lowest BCUT2D eigenvalue weighted by atomic mass is 10.2. The first-order valence-corrected chi connectivity index (χ1v) is 3.71. The lowest BCUT2D eigenvalue weighted by molar-refractivity contribution is -0.464. The second-order valence-electron chi connectivity index (χ2n) is 2.68. The molecule has 2 rings (SSSR count). The summed E-state index contributed by atoms with van der Waals surface area (Å²) in [6.45, 7) is 0. The number of nitrogen functional groups attached to an aromatic ring is 1. The predicted molar refractivity (Wildman–Crippen MR) is 46.9 cm³/mol. The first kappa shape index (κ1) is 7.60. The summed E-state index contributed by atoms with van der Waals surface area (Å²) < 4.78 is 1.48. The van der Waals surface area contributed by atoms with Gasteiger partial charge >= 0.3 is 5.52 Å². The van der Waals surface area contributed by atoms with Gasteiger partial charge in [-0.2, -0.15) is 4.73 Å². The molecule has 0 atom stereocenters. The highest BCUT2D eigenvalue weighted by atomic mass is 16.5. The molecule has 0 saturated carbocycles. The molecule has 0 aliphatic carbocycles. The quantitative estimate of drug-likeness (QED) is 0.348. The Labute approximate surface area is 73.2 Å². The van der Waals surface area contributed by atoms with E-state index in [-0.39, 0.29) is 5.52 Å². The van der Waals surface area contributed by atoms with Crippen LogP contribution in [0.1, 0.15) is 0 Å². The molecule has 2 aromatic rings. The number of aromatic nitrogens is 2. The maximum atomic E-state index is 11.3. The molecule has 0 amide bonds. The maximum Gasteiger partial charge on any atom is 0.312 e. The van der Waals surface area contributed by atoms with E-state index >= 15 is 0 Å². The van der Waals surface area contributed by atoms with Crippen LogP contribution in [0, 0.1) is 4.91 Å². The molecule has 0 aliphatic rings. The van der Waals surface area contributed by atoms with Gasteiger partial charge in [0.1, 0.15) is 11.9 Å². The Morgan fingerprint density at radius 2 is 2.23 bits per heavy atom. The van der Waals surface area contributed by atoms with Gasteiger partial charge in [-0.3, -0.25) is 0 Å². The third-order valence-electron chi connectivity index (χ3n) is 1.86. The van der Waals surface area contributed by atoms with Gasteiger partial charge in [0.05, 0.1) is 4.43 Å². The number of anilines is 1. The van der Waals surface area contributed by atoms with Crippen molar-refractivity contribution in [3.63, 3.8) is 0 Å². The van der Waals surface area contributed by atoms with E-state index in [1.807, 2.05) is 0 Å². The lowest BCUT2D eigenvalue weighted by Crippen LogP contribution is -2.18. The first-order valence-electron chi connectivity index (χ1n) is 3.71. The van der Waals surface area contributed by atoms with Gasteiger partial charge in [-0.05, 0) is 12.1 Å². The average molecular weight is 178 g/mol. The molecule has 0 fully saturated rings. The molecule has 1 aromatic heterocycles. The predicted octanol–water partition coefficient (Wildman–Crippen LogP) is 0.375. The summed E-state index contributed by atoms with van der Waals surface area (Å²) in [7, 11) is 0. The van der Waals surface area contributed by atoms with Crippen LogP contribution in [0.4, 0.5) is 5.69 Å². The largest absolute Gasteiger partial charge is 0.428 e. The minimum Gasteiger partial charge on any atom is -0.428 e. The zero-order chi connectivity index (χ0) is 9.42. The van der Waals surface area contributed by atoms with E-state index in [9.17, 15) is 10.1 Å². The lowest BCUT2D eigenvalue weighted by Gasteiger charge is -1.97. The number of hydrogen-bond donors (Lipinski definition) is 2. The van der Waals surface area contributed by atoms with E-state index in [1.54, 1.807) is 18.2 Å². The van der Waals surface area contributed by atoms with E-state index in [0.717, 1.165) is 4.73 Å². The van der Waals surface area contributed by atoms with E-state index in [0.29, 0.717) is 15.6 Å². The summed E-state index contributed by atoms with van der Waals surface area (Å²) in [5.41, 5.74) is 6.58. The summed E-state index contributed by atoms with van der Waals surface area (Å²) in [6, 6.07) is 4.89. The van der Waals surface area contributed by atoms with E-state index < -0.39 is 0 Å². The fourth-order valence-corrected chi connectivity index (χ4v) is 1.25. The van der Waals surface area contributed by atoms with Crippen molar-refractivity contribution >= 4 is 16.7 Å². The van der Waals surface area contributed by atoms with E-state index in [1.165, 1.54) is 12.4 Å². The molecule has 0 aliphatic heterocycles. The molecule has 0 spiro atoms. The summed E-state index contributed by atoms with van der Waals surface area (Å²) in [4.78, 5) is 11.3. The molecule has 0 saturated heterocycles. The van der Waals surface area contributed by atoms with Crippen LogP contribution in [-0.4, -0.2) is 9.94 Å². The fourth-order valence-electron chi connectivity index (χ4n) is 1.25. The summed E-state index contributed by atoms with van der Waals surface area (Å²) in [5, 5.41) is 9.33. The Bertz CT molecular complexity index is 518. The number of para-hydroxylation sites is 1. The summed E-state index contributed by atoms with van der Waals surface area (Å²) >= 11 is 0. The van der Waals surface area contributed by atoms with Gasteiger partial charge in [0.15, 0.2) is 5.52 Å². The monoisotopic (exact) mass is 178 g/mol. The van der Waals surface area contributed by atoms with Crippen LogP contribution in [0.2, 0.25) is 0 Å². The second-order valence-corrected chi connectivity index (χ2v) is 2.68. The van der Waals surface area contributed by atoms with Crippen LogP contribution >= 0.6 is 0 Å². The van der Waals surface area contributed by atoms with Gasteiger partial charge in [-0.1, -0.05) is 6.07 Å². The van der Waals surface area contributed by atoms with Crippen molar-refractivity contribution in [1.82, 2.24) is 4.73 Å². The van der Waals surface area contributed by atoms with Crippen molar-refractivity contribution < 1.29 is 9.63 Å². The third-order valence-corrected chi connectivity index (χ3v) is 1.86. The minimum atomic E-state index is 0.271. The van der Waals surface area contributed by atoms with Crippen molar-refractivity contribution in [2.24, 2.45) is 0 Å².